The van der Waals surface area contributed by atoms with Crippen LogP contribution in [0.25, 0.3) is 16.8 Å². The molecule has 2 rings (SSSR count). The number of carbonyl (C=O) groups is 1. The van der Waals surface area contributed by atoms with Crippen LogP contribution in [-0.4, -0.2) is 16.1 Å². The van der Waals surface area contributed by atoms with Crippen LogP contribution in [0.15, 0.2) is 42.5 Å². The number of aliphatic carboxylic acids is 1. The maximum absolute atomic E-state index is 13.0. The smallest absolute Gasteiger partial charge is 0.364 e. The van der Waals surface area contributed by atoms with Crippen molar-refractivity contribution >= 4 is 22.8 Å². The predicted octanol–water partition coefficient (Wildman–Crippen LogP) is 2.63. The molecule has 0 radical (unpaired) electrons. The molecule has 0 aliphatic rings. The SMILES string of the molecule is O=C(O)/C(F)=C/c1cncc2ccccc12. The van der Waals surface area contributed by atoms with Gasteiger partial charge in [0.05, 0.1) is 0 Å². The Bertz CT molecular complexity index is 573. The van der Waals surface area contributed by atoms with Gasteiger partial charge in [-0.3, -0.25) is 4.98 Å². The Labute approximate surface area is 90.9 Å². The molecule has 0 aliphatic heterocycles. The number of rotatable bonds is 2. The summed E-state index contributed by atoms with van der Waals surface area (Å²) in [6.07, 6.45) is 4.05. The monoisotopic (exact) mass is 217 g/mol. The summed E-state index contributed by atoms with van der Waals surface area (Å²) in [7, 11) is 0. The molecule has 1 heterocycles. The molecule has 0 saturated heterocycles. The zero-order chi connectivity index (χ0) is 11.5. The Hall–Kier alpha value is -2.23. The highest BCUT2D eigenvalue weighted by Crippen LogP contribution is 2.19. The van der Waals surface area contributed by atoms with Crippen LogP contribution in [0, 0.1) is 0 Å². The van der Waals surface area contributed by atoms with E-state index in [1.807, 2.05) is 12.1 Å². The molecule has 1 aromatic carbocycles. The van der Waals surface area contributed by atoms with Gasteiger partial charge in [0.2, 0.25) is 5.83 Å². The first kappa shape index (κ1) is 10.3. The maximum Gasteiger partial charge on any atom is 0.364 e. The molecular formula is C12H8FNO2. The van der Waals surface area contributed by atoms with Crippen molar-refractivity contribution in [3.63, 3.8) is 0 Å². The molecule has 80 valence electrons. The third kappa shape index (κ3) is 1.91. The fraction of sp³-hybridized carbons (Fsp3) is 0. The molecule has 1 aromatic heterocycles. The molecule has 0 amide bonds. The molecule has 16 heavy (non-hydrogen) atoms. The first-order valence-electron chi connectivity index (χ1n) is 4.62. The Morgan fingerprint density at radius 2 is 2.06 bits per heavy atom. The van der Waals surface area contributed by atoms with E-state index in [4.69, 9.17) is 5.11 Å². The van der Waals surface area contributed by atoms with Gasteiger partial charge in [-0.2, -0.15) is 4.39 Å². The third-order valence-electron chi connectivity index (χ3n) is 2.19. The minimum Gasteiger partial charge on any atom is -0.476 e. The molecule has 0 fully saturated rings. The van der Waals surface area contributed by atoms with E-state index < -0.39 is 11.8 Å². The number of benzene rings is 1. The maximum atomic E-state index is 13.0. The van der Waals surface area contributed by atoms with Gasteiger partial charge < -0.3 is 5.11 Å². The van der Waals surface area contributed by atoms with Gasteiger partial charge in [0, 0.05) is 23.3 Å². The van der Waals surface area contributed by atoms with Crippen LogP contribution < -0.4 is 0 Å². The molecule has 0 atom stereocenters. The highest BCUT2D eigenvalue weighted by Gasteiger charge is 2.06. The quantitative estimate of drug-likeness (QED) is 0.786. The van der Waals surface area contributed by atoms with Gasteiger partial charge in [-0.25, -0.2) is 4.79 Å². The Morgan fingerprint density at radius 1 is 1.31 bits per heavy atom. The van der Waals surface area contributed by atoms with Gasteiger partial charge in [0.25, 0.3) is 0 Å². The summed E-state index contributed by atoms with van der Waals surface area (Å²) in [6, 6.07) is 7.26. The lowest BCUT2D eigenvalue weighted by atomic mass is 10.1. The number of pyridine rings is 1. The fourth-order valence-electron chi connectivity index (χ4n) is 1.45. The van der Waals surface area contributed by atoms with E-state index in [2.05, 4.69) is 4.98 Å². The molecule has 2 aromatic rings. The molecule has 0 bridgehead atoms. The Morgan fingerprint density at radius 3 is 2.81 bits per heavy atom. The van der Waals surface area contributed by atoms with Gasteiger partial charge in [-0.1, -0.05) is 24.3 Å². The number of carboxylic acid groups (broad SMARTS) is 1. The molecule has 0 aliphatic carbocycles. The van der Waals surface area contributed by atoms with Crippen molar-refractivity contribution in [2.75, 3.05) is 0 Å². The summed E-state index contributed by atoms with van der Waals surface area (Å²) in [5, 5.41) is 10.1. The zero-order valence-corrected chi connectivity index (χ0v) is 8.22. The largest absolute Gasteiger partial charge is 0.476 e. The minimum atomic E-state index is -1.58. The number of nitrogens with zero attached hydrogens (tertiary/aromatic N) is 1. The van der Waals surface area contributed by atoms with Crippen LogP contribution in [0.4, 0.5) is 4.39 Å². The van der Waals surface area contributed by atoms with Crippen molar-refractivity contribution in [1.29, 1.82) is 0 Å². The average Bonchev–Trinajstić information content (AvgIpc) is 2.29. The summed E-state index contributed by atoms with van der Waals surface area (Å²) in [5.41, 5.74) is 0.456. The highest BCUT2D eigenvalue weighted by atomic mass is 19.1. The summed E-state index contributed by atoms with van der Waals surface area (Å²) in [6.45, 7) is 0. The fourth-order valence-corrected chi connectivity index (χ4v) is 1.45. The average molecular weight is 217 g/mol. The Kier molecular flexibility index (Phi) is 2.64. The van der Waals surface area contributed by atoms with Crippen LogP contribution >= 0.6 is 0 Å². The van der Waals surface area contributed by atoms with Crippen molar-refractivity contribution in [2.45, 2.75) is 0 Å². The molecule has 0 unspecified atom stereocenters. The number of carboxylic acids is 1. The first-order valence-corrected chi connectivity index (χ1v) is 4.62. The van der Waals surface area contributed by atoms with E-state index >= 15 is 0 Å². The molecule has 4 heteroatoms. The zero-order valence-electron chi connectivity index (χ0n) is 8.22. The second-order valence-electron chi connectivity index (χ2n) is 3.25. The van der Waals surface area contributed by atoms with Crippen molar-refractivity contribution in [1.82, 2.24) is 4.98 Å². The van der Waals surface area contributed by atoms with Crippen molar-refractivity contribution in [2.24, 2.45) is 0 Å². The van der Waals surface area contributed by atoms with Crippen LogP contribution in [0.1, 0.15) is 5.56 Å². The lowest BCUT2D eigenvalue weighted by Gasteiger charge is -2.00. The standard InChI is InChI=1S/C12H8FNO2/c13-11(12(15)16)5-9-7-14-6-8-3-1-2-4-10(8)9/h1-7H,(H,15,16)/b11-5-. The van der Waals surface area contributed by atoms with Gasteiger partial charge in [0.1, 0.15) is 0 Å². The highest BCUT2D eigenvalue weighted by molar-refractivity contribution is 5.95. The lowest BCUT2D eigenvalue weighted by Crippen LogP contribution is -1.94. The number of hydrogen-bond acceptors (Lipinski definition) is 2. The number of hydrogen-bond donors (Lipinski definition) is 1. The summed E-state index contributed by atoms with van der Waals surface area (Å²) in [5.74, 6) is -2.77. The minimum absolute atomic E-state index is 0.456. The van der Waals surface area contributed by atoms with E-state index in [1.54, 1.807) is 18.3 Å². The second kappa shape index (κ2) is 4.10. The lowest BCUT2D eigenvalue weighted by molar-refractivity contribution is -0.134. The van der Waals surface area contributed by atoms with Gasteiger partial charge in [-0.05, 0) is 11.5 Å². The van der Waals surface area contributed by atoms with Crippen LogP contribution in [0.5, 0.6) is 0 Å². The molecule has 0 saturated carbocycles. The van der Waals surface area contributed by atoms with E-state index in [0.29, 0.717) is 5.56 Å². The molecular weight excluding hydrogens is 209 g/mol. The second-order valence-corrected chi connectivity index (χ2v) is 3.25. The van der Waals surface area contributed by atoms with Crippen molar-refractivity contribution in [3.05, 3.63) is 48.0 Å². The van der Waals surface area contributed by atoms with Crippen LogP contribution in [0.2, 0.25) is 0 Å². The molecule has 1 N–H and O–H groups in total. The molecule has 3 nitrogen and oxygen atoms in total. The summed E-state index contributed by atoms with van der Waals surface area (Å²) in [4.78, 5) is 14.3. The van der Waals surface area contributed by atoms with E-state index in [9.17, 15) is 9.18 Å². The summed E-state index contributed by atoms with van der Waals surface area (Å²) >= 11 is 0. The van der Waals surface area contributed by atoms with E-state index in [-0.39, 0.29) is 0 Å². The summed E-state index contributed by atoms with van der Waals surface area (Å²) < 4.78 is 13.0. The first-order chi connectivity index (χ1) is 7.68. The van der Waals surface area contributed by atoms with Crippen molar-refractivity contribution in [3.8, 4) is 0 Å². The topological polar surface area (TPSA) is 50.2 Å². The van der Waals surface area contributed by atoms with Crippen LogP contribution in [0.3, 0.4) is 0 Å². The van der Waals surface area contributed by atoms with Crippen LogP contribution in [-0.2, 0) is 4.79 Å². The van der Waals surface area contributed by atoms with Crippen molar-refractivity contribution < 1.29 is 14.3 Å². The number of halogens is 1. The molecule has 0 spiro atoms. The Balaban J connectivity index is 2.61. The third-order valence-corrected chi connectivity index (χ3v) is 2.19. The predicted molar refractivity (Wildman–Crippen MR) is 58.5 cm³/mol. The van der Waals surface area contributed by atoms with E-state index in [0.717, 1.165) is 16.8 Å². The van der Waals surface area contributed by atoms with E-state index in [1.165, 1.54) is 6.20 Å². The number of aromatic nitrogens is 1. The van der Waals surface area contributed by atoms with Gasteiger partial charge >= 0.3 is 5.97 Å². The normalized spacial score (nSPS) is 11.7. The number of fused-ring (bicyclic) bond motifs is 1. The van der Waals surface area contributed by atoms with Gasteiger partial charge in [0.15, 0.2) is 0 Å². The van der Waals surface area contributed by atoms with Gasteiger partial charge in [-0.15, -0.1) is 0 Å².